The first-order chi connectivity index (χ1) is 10.7. The Hall–Kier alpha value is -2.54. The van der Waals surface area contributed by atoms with Crippen LogP contribution in [-0.4, -0.2) is 7.11 Å². The molecule has 0 unspecified atom stereocenters. The lowest BCUT2D eigenvalue weighted by Gasteiger charge is -2.10. The molecule has 0 aromatic heterocycles. The molecular weight excluding hydrogens is 244 g/mol. The van der Waals surface area contributed by atoms with Gasteiger partial charge in [-0.05, 0) is 28.8 Å². The molecular formula is C19H16O. The molecule has 3 aromatic carbocycles. The van der Waals surface area contributed by atoms with Gasteiger partial charge in [-0.25, -0.2) is 0 Å². The molecule has 1 nitrogen and oxygen atoms in total. The topological polar surface area (TPSA) is 9.23 Å². The molecule has 3 aromatic rings. The van der Waals surface area contributed by atoms with E-state index in [2.05, 4.69) is 6.07 Å². The number of methoxy groups -OCH3 is 1. The van der Waals surface area contributed by atoms with Crippen LogP contribution >= 0.6 is 0 Å². The third-order valence-electron chi connectivity index (χ3n) is 3.27. The Labute approximate surface area is 122 Å². The Kier molecular flexibility index (Phi) is 2.89. The highest BCUT2D eigenvalue weighted by Crippen LogP contribution is 2.32. The monoisotopic (exact) mass is 262 g/mol. The van der Waals surface area contributed by atoms with Crippen LogP contribution in [0.5, 0.6) is 5.75 Å². The zero-order valence-corrected chi connectivity index (χ0v) is 11.3. The fourth-order valence-corrected chi connectivity index (χ4v) is 2.27. The fraction of sp³-hybridized carbons (Fsp3) is 0.0526. The first-order valence-electron chi connectivity index (χ1n) is 7.49. The molecule has 0 fully saturated rings. The number of ether oxygens (including phenoxy) is 1. The molecule has 0 heterocycles. The molecule has 98 valence electrons. The van der Waals surface area contributed by atoms with E-state index in [9.17, 15) is 0 Å². The highest BCUT2D eigenvalue weighted by atomic mass is 16.5. The average molecular weight is 262 g/mol. The first-order valence-corrected chi connectivity index (χ1v) is 6.49. The summed E-state index contributed by atoms with van der Waals surface area (Å²) in [6, 6.07) is 22.0. The molecule has 0 aliphatic heterocycles. The zero-order valence-electron chi connectivity index (χ0n) is 13.3. The summed E-state index contributed by atoms with van der Waals surface area (Å²) in [7, 11) is 1.62. The summed E-state index contributed by atoms with van der Waals surface area (Å²) in [6.07, 6.45) is 0. The molecule has 0 N–H and O–H groups in total. The van der Waals surface area contributed by atoms with Gasteiger partial charge in [-0.1, -0.05) is 66.7 Å². The van der Waals surface area contributed by atoms with Gasteiger partial charge in [-0.2, -0.15) is 0 Å². The molecule has 0 saturated carbocycles. The summed E-state index contributed by atoms with van der Waals surface area (Å²) in [4.78, 5) is 0. The van der Waals surface area contributed by atoms with Gasteiger partial charge in [0, 0.05) is 5.56 Å². The lowest BCUT2D eigenvalue weighted by Crippen LogP contribution is -1.87. The van der Waals surface area contributed by atoms with E-state index in [1.165, 1.54) is 0 Å². The van der Waals surface area contributed by atoms with Crippen molar-refractivity contribution >= 4 is 0 Å². The third-order valence-corrected chi connectivity index (χ3v) is 3.27. The molecule has 0 amide bonds. The standard InChI is InChI=1S/C19H16O/c1-20-19-13-6-5-12-18(19)17-11-7-10-16(14-17)15-8-3-2-4-9-15/h2-14H,1H3/i2D,6D. The third kappa shape index (κ3) is 2.43. The Bertz CT molecular complexity index is 795. The summed E-state index contributed by atoms with van der Waals surface area (Å²) in [5, 5.41) is 0. The number of para-hydroxylation sites is 1. The maximum atomic E-state index is 7.70. The second-order valence-electron chi connectivity index (χ2n) is 4.50. The zero-order chi connectivity index (χ0) is 15.5. The minimum Gasteiger partial charge on any atom is -0.496 e. The van der Waals surface area contributed by atoms with Crippen LogP contribution in [0.4, 0.5) is 0 Å². The van der Waals surface area contributed by atoms with Gasteiger partial charge in [0.1, 0.15) is 5.75 Å². The predicted molar refractivity (Wildman–Crippen MR) is 83.9 cm³/mol. The van der Waals surface area contributed by atoms with E-state index in [-0.39, 0.29) is 0 Å². The highest BCUT2D eigenvalue weighted by Gasteiger charge is 2.05. The number of hydrogen-bond acceptors (Lipinski definition) is 1. The first kappa shape index (κ1) is 10.3. The second kappa shape index (κ2) is 5.62. The average Bonchev–Trinajstić information content (AvgIpc) is 2.55. The van der Waals surface area contributed by atoms with Crippen molar-refractivity contribution in [1.82, 2.24) is 0 Å². The van der Waals surface area contributed by atoms with Crippen LogP contribution in [0.3, 0.4) is 0 Å². The van der Waals surface area contributed by atoms with Gasteiger partial charge in [-0.3, -0.25) is 0 Å². The van der Waals surface area contributed by atoms with Crippen molar-refractivity contribution in [3.8, 4) is 28.0 Å². The molecule has 0 spiro atoms. The van der Waals surface area contributed by atoms with Crippen LogP contribution in [0, 0.1) is 0 Å². The number of rotatable bonds is 3. The molecule has 0 aliphatic rings. The molecule has 3 rings (SSSR count). The molecule has 0 saturated heterocycles. The normalized spacial score (nSPS) is 11.7. The van der Waals surface area contributed by atoms with Crippen LogP contribution < -0.4 is 4.74 Å². The van der Waals surface area contributed by atoms with Crippen LogP contribution in [0.1, 0.15) is 2.74 Å². The molecule has 0 aliphatic carbocycles. The Balaban J connectivity index is 2.06. The minimum absolute atomic E-state index is 0.433. The SMILES string of the molecule is [2H]c1ccc(-c2cccc(-c3ccc([2H])cc3OC)c2)cc1. The van der Waals surface area contributed by atoms with Crippen molar-refractivity contribution in [3.63, 3.8) is 0 Å². The Morgan fingerprint density at radius 1 is 0.750 bits per heavy atom. The maximum absolute atomic E-state index is 7.70. The van der Waals surface area contributed by atoms with Crippen molar-refractivity contribution in [2.75, 3.05) is 7.11 Å². The Morgan fingerprint density at radius 2 is 1.45 bits per heavy atom. The van der Waals surface area contributed by atoms with Crippen molar-refractivity contribution in [1.29, 1.82) is 0 Å². The quantitative estimate of drug-likeness (QED) is 0.643. The molecule has 0 bridgehead atoms. The van der Waals surface area contributed by atoms with Crippen LogP contribution in [0.15, 0.2) is 78.8 Å². The summed E-state index contributed by atoms with van der Waals surface area (Å²) in [5.41, 5.74) is 4.19. The summed E-state index contributed by atoms with van der Waals surface area (Å²) < 4.78 is 20.7. The van der Waals surface area contributed by atoms with Crippen LogP contribution in [0.25, 0.3) is 22.3 Å². The molecule has 1 heteroatoms. The number of benzene rings is 3. The lowest BCUT2D eigenvalue weighted by molar-refractivity contribution is 0.416. The van der Waals surface area contributed by atoms with E-state index in [1.54, 1.807) is 31.4 Å². The van der Waals surface area contributed by atoms with Crippen molar-refractivity contribution < 1.29 is 7.48 Å². The van der Waals surface area contributed by atoms with Crippen LogP contribution in [0.2, 0.25) is 0 Å². The highest BCUT2D eigenvalue weighted by molar-refractivity contribution is 5.76. The predicted octanol–water partition coefficient (Wildman–Crippen LogP) is 5.03. The van der Waals surface area contributed by atoms with Gasteiger partial charge in [-0.15, -0.1) is 0 Å². The van der Waals surface area contributed by atoms with Crippen molar-refractivity contribution in [3.05, 3.63) is 78.8 Å². The van der Waals surface area contributed by atoms with Crippen LogP contribution in [-0.2, 0) is 0 Å². The lowest BCUT2D eigenvalue weighted by atomic mass is 9.98. The summed E-state index contributed by atoms with van der Waals surface area (Å²) in [5.74, 6) is 0.700. The van der Waals surface area contributed by atoms with Gasteiger partial charge in [0.15, 0.2) is 0 Å². The van der Waals surface area contributed by atoms with E-state index in [0.29, 0.717) is 17.8 Å². The summed E-state index contributed by atoms with van der Waals surface area (Å²) in [6.45, 7) is 0. The fourth-order valence-electron chi connectivity index (χ4n) is 2.27. The largest absolute Gasteiger partial charge is 0.496 e. The minimum atomic E-state index is 0.433. The molecule has 0 atom stereocenters. The van der Waals surface area contributed by atoms with E-state index < -0.39 is 0 Å². The molecule has 0 radical (unpaired) electrons. The van der Waals surface area contributed by atoms with Gasteiger partial charge in [0.05, 0.1) is 9.85 Å². The van der Waals surface area contributed by atoms with E-state index in [4.69, 9.17) is 7.48 Å². The number of hydrogen-bond donors (Lipinski definition) is 0. The van der Waals surface area contributed by atoms with Crippen molar-refractivity contribution in [2.45, 2.75) is 0 Å². The van der Waals surface area contributed by atoms with Gasteiger partial charge in [0.25, 0.3) is 0 Å². The van der Waals surface area contributed by atoms with Gasteiger partial charge in [0.2, 0.25) is 0 Å². The Morgan fingerprint density at radius 3 is 2.25 bits per heavy atom. The summed E-state index contributed by atoms with van der Waals surface area (Å²) >= 11 is 0. The smallest absolute Gasteiger partial charge is 0.126 e. The van der Waals surface area contributed by atoms with E-state index in [1.807, 2.05) is 36.4 Å². The second-order valence-corrected chi connectivity index (χ2v) is 4.50. The maximum Gasteiger partial charge on any atom is 0.126 e. The van der Waals surface area contributed by atoms with Gasteiger partial charge < -0.3 is 4.74 Å². The molecule has 20 heavy (non-hydrogen) atoms. The van der Waals surface area contributed by atoms with Crippen molar-refractivity contribution in [2.24, 2.45) is 0 Å². The van der Waals surface area contributed by atoms with Gasteiger partial charge >= 0.3 is 0 Å². The van der Waals surface area contributed by atoms with E-state index in [0.717, 1.165) is 22.3 Å². The van der Waals surface area contributed by atoms with E-state index >= 15 is 0 Å².